The maximum Gasteiger partial charge on any atom is 0.411 e. The molecule has 0 saturated heterocycles. The quantitative estimate of drug-likeness (QED) is 0.790. The van der Waals surface area contributed by atoms with Crippen molar-refractivity contribution >= 4 is 11.7 Å². The molecule has 1 aliphatic rings. The molecule has 0 N–H and O–H groups in total. The van der Waals surface area contributed by atoms with Crippen molar-refractivity contribution in [2.75, 3.05) is 6.54 Å². The standard InChI is InChI=1S/C16H15F3N2O/c1-3-10-21-14(11-8-6-5-7-9-11)20-13(16(17,18)19)12(4-2)15(21)22/h1,5-9,12-13H,4,10H2,2H3. The number of carbonyl (C=O) groups excluding carboxylic acids is 1. The van der Waals surface area contributed by atoms with Gasteiger partial charge in [-0.25, -0.2) is 0 Å². The van der Waals surface area contributed by atoms with Gasteiger partial charge in [0.2, 0.25) is 5.91 Å². The molecule has 1 amide bonds. The molecule has 0 saturated carbocycles. The number of alkyl halides is 3. The molecule has 1 aliphatic heterocycles. The minimum absolute atomic E-state index is 0.0180. The fourth-order valence-electron chi connectivity index (χ4n) is 2.49. The summed E-state index contributed by atoms with van der Waals surface area (Å²) in [6.45, 7) is 1.44. The number of halogens is 3. The molecule has 0 aromatic heterocycles. The molecular weight excluding hydrogens is 293 g/mol. The first kappa shape index (κ1) is 16.1. The lowest BCUT2D eigenvalue weighted by Crippen LogP contribution is -2.53. The maximum absolute atomic E-state index is 13.2. The molecule has 3 nitrogen and oxygen atoms in total. The Morgan fingerprint density at radius 2 is 1.95 bits per heavy atom. The van der Waals surface area contributed by atoms with Crippen molar-refractivity contribution in [2.45, 2.75) is 25.6 Å². The fraction of sp³-hybridized carbons (Fsp3) is 0.375. The van der Waals surface area contributed by atoms with Crippen molar-refractivity contribution in [1.82, 2.24) is 4.90 Å². The van der Waals surface area contributed by atoms with Crippen LogP contribution in [0.25, 0.3) is 0 Å². The van der Waals surface area contributed by atoms with E-state index in [0.717, 1.165) is 4.90 Å². The zero-order valence-corrected chi connectivity index (χ0v) is 12.0. The highest BCUT2D eigenvalue weighted by Gasteiger charge is 2.51. The second-order valence-corrected chi connectivity index (χ2v) is 4.95. The number of aliphatic imine (C=N–C) groups is 1. The van der Waals surface area contributed by atoms with E-state index in [1.165, 1.54) is 0 Å². The number of terminal acetylenes is 1. The third-order valence-corrected chi connectivity index (χ3v) is 3.54. The van der Waals surface area contributed by atoms with Crippen molar-refractivity contribution in [3.63, 3.8) is 0 Å². The summed E-state index contributed by atoms with van der Waals surface area (Å²) in [6, 6.07) is 6.26. The van der Waals surface area contributed by atoms with E-state index in [1.807, 2.05) is 0 Å². The molecule has 0 radical (unpaired) electrons. The molecule has 2 rings (SSSR count). The normalized spacial score (nSPS) is 22.2. The molecule has 1 heterocycles. The van der Waals surface area contributed by atoms with Crippen LogP contribution >= 0.6 is 0 Å². The van der Waals surface area contributed by atoms with Crippen LogP contribution in [0.5, 0.6) is 0 Å². The first-order chi connectivity index (χ1) is 10.4. The molecule has 1 aromatic rings. The van der Waals surface area contributed by atoms with Gasteiger partial charge in [0, 0.05) is 5.56 Å². The summed E-state index contributed by atoms with van der Waals surface area (Å²) >= 11 is 0. The highest BCUT2D eigenvalue weighted by atomic mass is 19.4. The van der Waals surface area contributed by atoms with Crippen LogP contribution in [0.15, 0.2) is 35.3 Å². The Morgan fingerprint density at radius 3 is 2.45 bits per heavy atom. The fourth-order valence-corrected chi connectivity index (χ4v) is 2.49. The highest BCUT2D eigenvalue weighted by Crippen LogP contribution is 2.35. The predicted octanol–water partition coefficient (Wildman–Crippen LogP) is 2.87. The first-order valence-electron chi connectivity index (χ1n) is 6.85. The van der Waals surface area contributed by atoms with Gasteiger partial charge < -0.3 is 0 Å². The number of benzene rings is 1. The van der Waals surface area contributed by atoms with Gasteiger partial charge in [-0.15, -0.1) is 6.42 Å². The average Bonchev–Trinajstić information content (AvgIpc) is 2.48. The zero-order chi connectivity index (χ0) is 16.3. The molecule has 2 atom stereocenters. The Balaban J connectivity index is 2.57. The van der Waals surface area contributed by atoms with Gasteiger partial charge in [-0.1, -0.05) is 43.2 Å². The third-order valence-electron chi connectivity index (χ3n) is 3.54. The number of hydrogen-bond donors (Lipinski definition) is 0. The molecule has 116 valence electrons. The number of nitrogens with zero attached hydrogens (tertiary/aromatic N) is 2. The van der Waals surface area contributed by atoms with Crippen LogP contribution in [0, 0.1) is 18.3 Å². The van der Waals surface area contributed by atoms with Crippen molar-refractivity contribution < 1.29 is 18.0 Å². The minimum atomic E-state index is -4.57. The maximum atomic E-state index is 13.2. The van der Waals surface area contributed by atoms with E-state index < -0.39 is 24.0 Å². The summed E-state index contributed by atoms with van der Waals surface area (Å²) in [6.07, 6.45) is 0.729. The van der Waals surface area contributed by atoms with E-state index in [1.54, 1.807) is 37.3 Å². The third kappa shape index (κ3) is 2.98. The first-order valence-corrected chi connectivity index (χ1v) is 6.85. The topological polar surface area (TPSA) is 32.7 Å². The largest absolute Gasteiger partial charge is 0.411 e. The van der Waals surface area contributed by atoms with Gasteiger partial charge in [-0.2, -0.15) is 13.2 Å². The van der Waals surface area contributed by atoms with Gasteiger partial charge in [0.05, 0.1) is 12.5 Å². The van der Waals surface area contributed by atoms with Gasteiger partial charge in [0.25, 0.3) is 0 Å². The Labute approximate surface area is 126 Å². The summed E-state index contributed by atoms with van der Waals surface area (Å²) in [5.41, 5.74) is 0.440. The number of carbonyl (C=O) groups is 1. The van der Waals surface area contributed by atoms with Crippen LogP contribution < -0.4 is 0 Å². The summed E-state index contributed by atoms with van der Waals surface area (Å²) < 4.78 is 39.7. The lowest BCUT2D eigenvalue weighted by atomic mass is 9.92. The second-order valence-electron chi connectivity index (χ2n) is 4.95. The van der Waals surface area contributed by atoms with Crippen molar-refractivity contribution in [2.24, 2.45) is 10.9 Å². The summed E-state index contributed by atoms with van der Waals surface area (Å²) in [7, 11) is 0. The number of rotatable bonds is 3. The lowest BCUT2D eigenvalue weighted by Gasteiger charge is -2.36. The molecule has 1 aromatic carbocycles. The van der Waals surface area contributed by atoms with Crippen molar-refractivity contribution in [3.8, 4) is 12.3 Å². The second kappa shape index (κ2) is 6.22. The highest BCUT2D eigenvalue weighted by molar-refractivity contribution is 6.10. The van der Waals surface area contributed by atoms with E-state index >= 15 is 0 Å². The Hall–Kier alpha value is -2.29. The van der Waals surface area contributed by atoms with Crippen LogP contribution in [0.1, 0.15) is 18.9 Å². The Bertz CT molecular complexity index is 617. The van der Waals surface area contributed by atoms with Crippen LogP contribution in [0.4, 0.5) is 13.2 Å². The number of amidine groups is 1. The minimum Gasteiger partial charge on any atom is -0.284 e. The molecule has 2 unspecified atom stereocenters. The van der Waals surface area contributed by atoms with Gasteiger partial charge >= 0.3 is 6.18 Å². The molecule has 0 bridgehead atoms. The molecule has 6 heteroatoms. The summed E-state index contributed by atoms with van der Waals surface area (Å²) in [4.78, 5) is 17.4. The lowest BCUT2D eigenvalue weighted by molar-refractivity contribution is -0.170. The van der Waals surface area contributed by atoms with Gasteiger partial charge in [0.15, 0.2) is 6.04 Å². The molecule has 0 spiro atoms. The summed E-state index contributed by atoms with van der Waals surface area (Å²) in [5.74, 6) is 0.427. The van der Waals surface area contributed by atoms with Gasteiger partial charge in [0.1, 0.15) is 5.84 Å². The van der Waals surface area contributed by atoms with E-state index in [4.69, 9.17) is 6.42 Å². The number of amides is 1. The number of hydrogen-bond acceptors (Lipinski definition) is 2. The van der Waals surface area contributed by atoms with Gasteiger partial charge in [-0.05, 0) is 6.42 Å². The Morgan fingerprint density at radius 1 is 1.32 bits per heavy atom. The van der Waals surface area contributed by atoms with Crippen LogP contribution in [0.2, 0.25) is 0 Å². The van der Waals surface area contributed by atoms with E-state index in [-0.39, 0.29) is 18.8 Å². The molecule has 22 heavy (non-hydrogen) atoms. The molecular formula is C16H15F3N2O. The average molecular weight is 308 g/mol. The monoisotopic (exact) mass is 308 g/mol. The zero-order valence-electron chi connectivity index (χ0n) is 12.0. The van der Waals surface area contributed by atoms with Crippen molar-refractivity contribution in [3.05, 3.63) is 35.9 Å². The molecule has 0 aliphatic carbocycles. The van der Waals surface area contributed by atoms with Crippen LogP contribution in [-0.2, 0) is 4.79 Å². The predicted molar refractivity (Wildman–Crippen MR) is 77.1 cm³/mol. The van der Waals surface area contributed by atoms with Crippen LogP contribution in [0.3, 0.4) is 0 Å². The SMILES string of the molecule is C#CCN1C(=O)C(CC)C(C(F)(F)F)N=C1c1ccccc1. The van der Waals surface area contributed by atoms with E-state index in [0.29, 0.717) is 5.56 Å². The van der Waals surface area contributed by atoms with Crippen LogP contribution in [-0.4, -0.2) is 35.4 Å². The van der Waals surface area contributed by atoms with Gasteiger partial charge in [-0.3, -0.25) is 14.7 Å². The van der Waals surface area contributed by atoms with E-state index in [9.17, 15) is 18.0 Å². The van der Waals surface area contributed by atoms with E-state index in [2.05, 4.69) is 10.9 Å². The smallest absolute Gasteiger partial charge is 0.284 e. The van der Waals surface area contributed by atoms with Crippen molar-refractivity contribution in [1.29, 1.82) is 0 Å². The molecule has 0 fully saturated rings. The Kier molecular flexibility index (Phi) is 4.55. The summed E-state index contributed by atoms with van der Waals surface area (Å²) in [5, 5.41) is 0.